The van der Waals surface area contributed by atoms with Crippen LogP contribution in [0.2, 0.25) is 0 Å². The summed E-state index contributed by atoms with van der Waals surface area (Å²) in [6.45, 7) is 7.82. The number of rotatable bonds is 6. The number of nitrogen functional groups attached to an aromatic ring is 1. The van der Waals surface area contributed by atoms with E-state index in [0.717, 1.165) is 18.5 Å². The quantitative estimate of drug-likeness (QED) is 0.617. The van der Waals surface area contributed by atoms with Gasteiger partial charge in [0.05, 0.1) is 5.25 Å². The summed E-state index contributed by atoms with van der Waals surface area (Å²) in [5.74, 6) is 0.441. The molecular formula is C13H22N4OS. The molecule has 0 aliphatic rings. The normalized spacial score (nSPS) is 13.9. The van der Waals surface area contributed by atoms with Crippen LogP contribution in [0.5, 0.6) is 0 Å². The SMILES string of the molecule is CCCC(C)NC(=O)C(C)Sc1nc(C)cc(N)n1. The van der Waals surface area contributed by atoms with E-state index in [1.165, 1.54) is 11.8 Å². The fourth-order valence-corrected chi connectivity index (χ4v) is 2.54. The molecule has 6 heteroatoms. The van der Waals surface area contributed by atoms with Crippen LogP contribution in [0.3, 0.4) is 0 Å². The van der Waals surface area contributed by atoms with Gasteiger partial charge in [-0.05, 0) is 27.2 Å². The van der Waals surface area contributed by atoms with E-state index in [1.807, 2.05) is 20.8 Å². The number of aryl methyl sites for hydroxylation is 1. The fourth-order valence-electron chi connectivity index (χ4n) is 1.69. The van der Waals surface area contributed by atoms with Gasteiger partial charge in [-0.1, -0.05) is 25.1 Å². The molecule has 0 aromatic carbocycles. The Hall–Kier alpha value is -1.30. The Morgan fingerprint density at radius 3 is 2.74 bits per heavy atom. The molecule has 0 spiro atoms. The summed E-state index contributed by atoms with van der Waals surface area (Å²) in [4.78, 5) is 20.4. The predicted octanol–water partition coefficient (Wildman–Crippen LogP) is 2.15. The van der Waals surface area contributed by atoms with E-state index in [2.05, 4.69) is 22.2 Å². The molecule has 0 fully saturated rings. The maximum atomic E-state index is 12.0. The van der Waals surface area contributed by atoms with Gasteiger partial charge >= 0.3 is 0 Å². The molecule has 0 aliphatic heterocycles. The first kappa shape index (κ1) is 15.8. The van der Waals surface area contributed by atoms with E-state index in [-0.39, 0.29) is 17.2 Å². The molecule has 1 aromatic heterocycles. The Bertz CT molecular complexity index is 418. The zero-order valence-electron chi connectivity index (χ0n) is 11.9. The molecule has 2 atom stereocenters. The Morgan fingerprint density at radius 1 is 1.47 bits per heavy atom. The highest BCUT2D eigenvalue weighted by molar-refractivity contribution is 8.00. The number of nitrogens with zero attached hydrogens (tertiary/aromatic N) is 2. The largest absolute Gasteiger partial charge is 0.384 e. The summed E-state index contributed by atoms with van der Waals surface area (Å²) in [5, 5.41) is 3.29. The van der Waals surface area contributed by atoms with E-state index in [1.54, 1.807) is 6.07 Å². The second-order valence-corrected chi connectivity index (χ2v) is 5.98. The van der Waals surface area contributed by atoms with Crippen molar-refractivity contribution < 1.29 is 4.79 Å². The van der Waals surface area contributed by atoms with E-state index in [4.69, 9.17) is 5.73 Å². The number of carbonyl (C=O) groups excluding carboxylic acids is 1. The summed E-state index contributed by atoms with van der Waals surface area (Å²) in [7, 11) is 0. The standard InChI is InChI=1S/C13H22N4OS/c1-5-6-8(2)15-12(18)10(4)19-13-16-9(3)7-11(14)17-13/h7-8,10H,5-6H2,1-4H3,(H,15,18)(H2,14,16,17). The van der Waals surface area contributed by atoms with Gasteiger partial charge in [-0.2, -0.15) is 0 Å². The smallest absolute Gasteiger partial charge is 0.233 e. The summed E-state index contributed by atoms with van der Waals surface area (Å²) >= 11 is 1.33. The van der Waals surface area contributed by atoms with Crippen molar-refractivity contribution in [1.29, 1.82) is 0 Å². The van der Waals surface area contributed by atoms with Crippen molar-refractivity contribution in [2.45, 2.75) is 57.0 Å². The number of nitrogens with two attached hydrogens (primary N) is 1. The highest BCUT2D eigenvalue weighted by Gasteiger charge is 2.17. The van der Waals surface area contributed by atoms with Crippen molar-refractivity contribution >= 4 is 23.5 Å². The van der Waals surface area contributed by atoms with Gasteiger partial charge in [0, 0.05) is 17.8 Å². The molecule has 2 unspecified atom stereocenters. The number of hydrogen-bond acceptors (Lipinski definition) is 5. The minimum atomic E-state index is -0.236. The molecule has 0 bridgehead atoms. The third-order valence-corrected chi connectivity index (χ3v) is 3.58. The zero-order valence-corrected chi connectivity index (χ0v) is 12.8. The molecule has 1 rings (SSSR count). The molecule has 1 heterocycles. The van der Waals surface area contributed by atoms with Crippen molar-refractivity contribution in [3.63, 3.8) is 0 Å². The summed E-state index contributed by atoms with van der Waals surface area (Å²) in [6.07, 6.45) is 2.04. The molecule has 5 nitrogen and oxygen atoms in total. The van der Waals surface area contributed by atoms with Crippen LogP contribution in [0.15, 0.2) is 11.2 Å². The van der Waals surface area contributed by atoms with Gasteiger partial charge in [0.15, 0.2) is 5.16 Å². The van der Waals surface area contributed by atoms with Crippen LogP contribution < -0.4 is 11.1 Å². The lowest BCUT2D eigenvalue weighted by atomic mass is 10.2. The molecule has 0 aliphatic carbocycles. The van der Waals surface area contributed by atoms with E-state index >= 15 is 0 Å². The first-order valence-electron chi connectivity index (χ1n) is 6.50. The maximum absolute atomic E-state index is 12.0. The molecule has 0 saturated heterocycles. The summed E-state index contributed by atoms with van der Waals surface area (Å²) in [5.41, 5.74) is 6.47. The lowest BCUT2D eigenvalue weighted by molar-refractivity contribution is -0.120. The van der Waals surface area contributed by atoms with Gasteiger partial charge < -0.3 is 11.1 Å². The number of thioether (sulfide) groups is 1. The zero-order chi connectivity index (χ0) is 14.4. The van der Waals surface area contributed by atoms with Crippen LogP contribution in [0.1, 0.15) is 39.3 Å². The molecule has 0 saturated carbocycles. The Labute approximate surface area is 118 Å². The average Bonchev–Trinajstić information content (AvgIpc) is 2.27. The molecule has 1 amide bonds. The molecule has 0 radical (unpaired) electrons. The van der Waals surface area contributed by atoms with Crippen molar-refractivity contribution in [2.24, 2.45) is 0 Å². The molecular weight excluding hydrogens is 260 g/mol. The van der Waals surface area contributed by atoms with Gasteiger partial charge in [-0.15, -0.1) is 0 Å². The third-order valence-electron chi connectivity index (χ3n) is 2.62. The number of carbonyl (C=O) groups is 1. The van der Waals surface area contributed by atoms with Crippen LogP contribution in [0.25, 0.3) is 0 Å². The van der Waals surface area contributed by atoms with Crippen LogP contribution in [-0.4, -0.2) is 27.2 Å². The van der Waals surface area contributed by atoms with Crippen molar-refractivity contribution in [2.75, 3.05) is 5.73 Å². The van der Waals surface area contributed by atoms with Gasteiger partial charge in [0.1, 0.15) is 5.82 Å². The first-order chi connectivity index (χ1) is 8.92. The van der Waals surface area contributed by atoms with Gasteiger partial charge in [0.25, 0.3) is 0 Å². The monoisotopic (exact) mass is 282 g/mol. The van der Waals surface area contributed by atoms with E-state index in [0.29, 0.717) is 11.0 Å². The minimum absolute atomic E-state index is 0.00891. The summed E-state index contributed by atoms with van der Waals surface area (Å²) in [6, 6.07) is 1.90. The topological polar surface area (TPSA) is 80.9 Å². The molecule has 19 heavy (non-hydrogen) atoms. The summed E-state index contributed by atoms with van der Waals surface area (Å²) < 4.78 is 0. The van der Waals surface area contributed by atoms with Crippen molar-refractivity contribution in [3.05, 3.63) is 11.8 Å². The molecule has 1 aromatic rings. The van der Waals surface area contributed by atoms with Gasteiger partial charge in [0.2, 0.25) is 5.91 Å². The number of hydrogen-bond donors (Lipinski definition) is 2. The third kappa shape index (κ3) is 5.46. The van der Waals surface area contributed by atoms with Crippen LogP contribution in [0, 0.1) is 6.92 Å². The molecule has 3 N–H and O–H groups in total. The lowest BCUT2D eigenvalue weighted by Crippen LogP contribution is -2.37. The first-order valence-corrected chi connectivity index (χ1v) is 7.38. The van der Waals surface area contributed by atoms with Gasteiger partial charge in [-0.25, -0.2) is 9.97 Å². The maximum Gasteiger partial charge on any atom is 0.233 e. The Kier molecular flexibility index (Phi) is 6.08. The fraction of sp³-hybridized carbons (Fsp3) is 0.615. The second-order valence-electron chi connectivity index (χ2n) is 4.68. The highest BCUT2D eigenvalue weighted by Crippen LogP contribution is 2.20. The van der Waals surface area contributed by atoms with Gasteiger partial charge in [-0.3, -0.25) is 4.79 Å². The number of anilines is 1. The lowest BCUT2D eigenvalue weighted by Gasteiger charge is -2.16. The van der Waals surface area contributed by atoms with Crippen LogP contribution >= 0.6 is 11.8 Å². The number of amides is 1. The Balaban J connectivity index is 2.58. The second kappa shape index (κ2) is 7.33. The van der Waals surface area contributed by atoms with Crippen LogP contribution in [-0.2, 0) is 4.79 Å². The molecule has 106 valence electrons. The predicted molar refractivity (Wildman–Crippen MR) is 79.0 cm³/mol. The minimum Gasteiger partial charge on any atom is -0.384 e. The number of nitrogens with one attached hydrogen (secondary N) is 1. The van der Waals surface area contributed by atoms with E-state index in [9.17, 15) is 4.79 Å². The Morgan fingerprint density at radius 2 is 2.16 bits per heavy atom. The number of aromatic nitrogens is 2. The van der Waals surface area contributed by atoms with Crippen molar-refractivity contribution in [1.82, 2.24) is 15.3 Å². The highest BCUT2D eigenvalue weighted by atomic mass is 32.2. The van der Waals surface area contributed by atoms with Crippen LogP contribution in [0.4, 0.5) is 5.82 Å². The average molecular weight is 282 g/mol. The van der Waals surface area contributed by atoms with E-state index < -0.39 is 0 Å². The van der Waals surface area contributed by atoms with Crippen molar-refractivity contribution in [3.8, 4) is 0 Å².